The first-order chi connectivity index (χ1) is 8.74. The Kier molecular flexibility index (Phi) is 4.13. The predicted molar refractivity (Wildman–Crippen MR) is 74.7 cm³/mol. The van der Waals surface area contributed by atoms with Gasteiger partial charge in [0.25, 0.3) is 0 Å². The first-order valence-corrected chi connectivity index (χ1v) is 6.01. The van der Waals surface area contributed by atoms with Crippen LogP contribution in [0.25, 0.3) is 0 Å². The lowest BCUT2D eigenvalue weighted by Crippen LogP contribution is -1.89. The zero-order chi connectivity index (χ0) is 12.8. The Balaban J connectivity index is 1.87. The summed E-state index contributed by atoms with van der Waals surface area (Å²) < 4.78 is 0. The summed E-state index contributed by atoms with van der Waals surface area (Å²) in [5, 5.41) is 3.97. The molecule has 2 aromatic rings. The second-order valence-corrected chi connectivity index (χ2v) is 4.41. The molecule has 0 unspecified atom stereocenters. The smallest absolute Gasteiger partial charge is 0.142 e. The van der Waals surface area contributed by atoms with Gasteiger partial charge in [-0.05, 0) is 25.0 Å². The minimum absolute atomic E-state index is 0.504. The van der Waals surface area contributed by atoms with Gasteiger partial charge in [-0.3, -0.25) is 0 Å². The number of rotatable bonds is 4. The van der Waals surface area contributed by atoms with Crippen molar-refractivity contribution in [3.8, 4) is 0 Å². The Labute approximate surface area is 108 Å². The number of aryl methyl sites for hydroxylation is 2. The monoisotopic (exact) mass is 239 g/mol. The molecule has 0 aliphatic heterocycles. The number of nitrogens with zero attached hydrogens (tertiary/aromatic N) is 1. The van der Waals surface area contributed by atoms with Crippen molar-refractivity contribution < 1.29 is 4.84 Å². The minimum Gasteiger partial charge on any atom is -0.391 e. The highest BCUT2D eigenvalue weighted by Crippen LogP contribution is 2.05. The highest BCUT2D eigenvalue weighted by Gasteiger charge is 1.92. The van der Waals surface area contributed by atoms with E-state index in [2.05, 4.69) is 43.3 Å². The van der Waals surface area contributed by atoms with Gasteiger partial charge in [0.1, 0.15) is 6.61 Å². The van der Waals surface area contributed by atoms with Crippen molar-refractivity contribution in [1.29, 1.82) is 0 Å². The second-order valence-electron chi connectivity index (χ2n) is 4.41. The lowest BCUT2D eigenvalue weighted by atomic mass is 10.1. The summed E-state index contributed by atoms with van der Waals surface area (Å²) in [5.74, 6) is 0. The molecule has 0 fully saturated rings. The molecule has 0 amide bonds. The standard InChI is InChI=1S/C16H17NO/c1-13-6-8-15(9-7-13)11-17-18-12-16-5-3-4-14(2)10-16/h3-11H,12H2,1-2H3. The Morgan fingerprint density at radius 2 is 1.78 bits per heavy atom. The Bertz CT molecular complexity index is 529. The topological polar surface area (TPSA) is 21.6 Å². The van der Waals surface area contributed by atoms with Gasteiger partial charge in [0, 0.05) is 0 Å². The lowest BCUT2D eigenvalue weighted by molar-refractivity contribution is 0.132. The highest BCUT2D eigenvalue weighted by atomic mass is 16.6. The average Bonchev–Trinajstić information content (AvgIpc) is 2.37. The number of hydrogen-bond acceptors (Lipinski definition) is 2. The van der Waals surface area contributed by atoms with Crippen LogP contribution in [0.1, 0.15) is 22.3 Å². The molecule has 18 heavy (non-hydrogen) atoms. The van der Waals surface area contributed by atoms with Crippen molar-refractivity contribution in [2.45, 2.75) is 20.5 Å². The first kappa shape index (κ1) is 12.4. The Hall–Kier alpha value is -2.09. The minimum atomic E-state index is 0.504. The summed E-state index contributed by atoms with van der Waals surface area (Å²) in [6.45, 7) is 4.64. The first-order valence-electron chi connectivity index (χ1n) is 6.01. The van der Waals surface area contributed by atoms with Gasteiger partial charge in [0.2, 0.25) is 0 Å². The van der Waals surface area contributed by atoms with E-state index in [1.165, 1.54) is 11.1 Å². The molecule has 0 N–H and O–H groups in total. The molecule has 0 aliphatic rings. The molecule has 0 saturated heterocycles. The molecule has 2 nitrogen and oxygen atoms in total. The van der Waals surface area contributed by atoms with Gasteiger partial charge in [0.15, 0.2) is 0 Å². The molecule has 2 rings (SSSR count). The van der Waals surface area contributed by atoms with Gasteiger partial charge in [-0.25, -0.2) is 0 Å². The second kappa shape index (κ2) is 6.01. The molecule has 92 valence electrons. The van der Waals surface area contributed by atoms with Crippen LogP contribution in [0, 0.1) is 13.8 Å². The highest BCUT2D eigenvalue weighted by molar-refractivity contribution is 5.79. The van der Waals surface area contributed by atoms with Crippen LogP contribution in [0.15, 0.2) is 53.7 Å². The molecule has 0 heterocycles. The molecule has 0 radical (unpaired) electrons. The quantitative estimate of drug-likeness (QED) is 0.586. The molecule has 0 aliphatic carbocycles. The Morgan fingerprint density at radius 3 is 2.50 bits per heavy atom. The largest absolute Gasteiger partial charge is 0.391 e. The average molecular weight is 239 g/mol. The fourth-order valence-electron chi connectivity index (χ4n) is 1.66. The molecule has 0 aromatic heterocycles. The summed E-state index contributed by atoms with van der Waals surface area (Å²) in [6, 6.07) is 16.4. The van der Waals surface area contributed by atoms with Crippen LogP contribution in [0.3, 0.4) is 0 Å². The van der Waals surface area contributed by atoms with Crippen LogP contribution in [0.5, 0.6) is 0 Å². The van der Waals surface area contributed by atoms with Crippen LogP contribution in [-0.2, 0) is 11.4 Å². The predicted octanol–water partition coefficient (Wildman–Crippen LogP) is 3.85. The molecule has 0 atom stereocenters. The van der Waals surface area contributed by atoms with E-state index in [0.29, 0.717) is 6.61 Å². The van der Waals surface area contributed by atoms with Gasteiger partial charge >= 0.3 is 0 Å². The Morgan fingerprint density at radius 1 is 1.00 bits per heavy atom. The van der Waals surface area contributed by atoms with E-state index in [9.17, 15) is 0 Å². The molecular weight excluding hydrogens is 222 g/mol. The third-order valence-electron chi connectivity index (χ3n) is 2.67. The zero-order valence-corrected chi connectivity index (χ0v) is 10.8. The molecule has 2 heteroatoms. The van der Waals surface area contributed by atoms with E-state index < -0.39 is 0 Å². The van der Waals surface area contributed by atoms with Crippen LogP contribution in [0.2, 0.25) is 0 Å². The van der Waals surface area contributed by atoms with E-state index in [1.807, 2.05) is 24.3 Å². The molecule has 0 saturated carbocycles. The van der Waals surface area contributed by atoms with Crippen LogP contribution < -0.4 is 0 Å². The maximum Gasteiger partial charge on any atom is 0.142 e. The van der Waals surface area contributed by atoms with Crippen molar-refractivity contribution in [3.63, 3.8) is 0 Å². The summed E-state index contributed by atoms with van der Waals surface area (Å²) in [7, 11) is 0. The van der Waals surface area contributed by atoms with Gasteiger partial charge in [-0.1, -0.05) is 64.8 Å². The summed E-state index contributed by atoms with van der Waals surface area (Å²) in [6.07, 6.45) is 1.73. The van der Waals surface area contributed by atoms with Gasteiger partial charge in [-0.2, -0.15) is 0 Å². The third kappa shape index (κ3) is 3.74. The van der Waals surface area contributed by atoms with Gasteiger partial charge in [0.05, 0.1) is 6.21 Å². The van der Waals surface area contributed by atoms with Crippen molar-refractivity contribution in [3.05, 3.63) is 70.8 Å². The van der Waals surface area contributed by atoms with Gasteiger partial charge in [-0.15, -0.1) is 0 Å². The van der Waals surface area contributed by atoms with Crippen LogP contribution in [0.4, 0.5) is 0 Å². The zero-order valence-electron chi connectivity index (χ0n) is 10.8. The van der Waals surface area contributed by atoms with Gasteiger partial charge < -0.3 is 4.84 Å². The maximum atomic E-state index is 5.28. The van der Waals surface area contributed by atoms with Crippen molar-refractivity contribution in [2.75, 3.05) is 0 Å². The summed E-state index contributed by atoms with van der Waals surface area (Å²) in [4.78, 5) is 5.28. The van der Waals surface area contributed by atoms with Crippen LogP contribution in [-0.4, -0.2) is 6.21 Å². The summed E-state index contributed by atoms with van der Waals surface area (Å²) >= 11 is 0. The van der Waals surface area contributed by atoms with Crippen molar-refractivity contribution in [1.82, 2.24) is 0 Å². The lowest BCUT2D eigenvalue weighted by Gasteiger charge is -2.01. The third-order valence-corrected chi connectivity index (χ3v) is 2.67. The number of benzene rings is 2. The van der Waals surface area contributed by atoms with E-state index in [-0.39, 0.29) is 0 Å². The molecule has 0 bridgehead atoms. The summed E-state index contributed by atoms with van der Waals surface area (Å²) in [5.41, 5.74) is 4.66. The molecule has 2 aromatic carbocycles. The normalized spacial score (nSPS) is 10.8. The van der Waals surface area contributed by atoms with E-state index in [4.69, 9.17) is 4.84 Å². The van der Waals surface area contributed by atoms with Crippen molar-refractivity contribution in [2.24, 2.45) is 5.16 Å². The van der Waals surface area contributed by atoms with Crippen LogP contribution >= 0.6 is 0 Å². The molecule has 0 spiro atoms. The number of hydrogen-bond donors (Lipinski definition) is 0. The number of oxime groups is 1. The van der Waals surface area contributed by atoms with E-state index in [1.54, 1.807) is 6.21 Å². The SMILES string of the molecule is Cc1ccc(C=NOCc2cccc(C)c2)cc1. The maximum absolute atomic E-state index is 5.28. The van der Waals surface area contributed by atoms with E-state index in [0.717, 1.165) is 11.1 Å². The fourth-order valence-corrected chi connectivity index (χ4v) is 1.66. The molecular formula is C16H17NO. The van der Waals surface area contributed by atoms with E-state index >= 15 is 0 Å². The fraction of sp³-hybridized carbons (Fsp3) is 0.188. The van der Waals surface area contributed by atoms with Crippen molar-refractivity contribution >= 4 is 6.21 Å².